The lowest BCUT2D eigenvalue weighted by Gasteiger charge is -2.21. The third-order valence-electron chi connectivity index (χ3n) is 1.77. The maximum Gasteiger partial charge on any atom is 0.157 e. The van der Waals surface area contributed by atoms with Gasteiger partial charge in [-0.05, 0) is 19.3 Å². The normalized spacial score (nSPS) is 24.9. The first-order valence-corrected chi connectivity index (χ1v) is 5.50. The van der Waals surface area contributed by atoms with Crippen LogP contribution in [0.1, 0.15) is 19.3 Å². The van der Waals surface area contributed by atoms with Gasteiger partial charge in [0, 0.05) is 11.9 Å². The van der Waals surface area contributed by atoms with E-state index in [1.165, 1.54) is 12.8 Å². The van der Waals surface area contributed by atoms with Gasteiger partial charge < -0.3 is 9.47 Å². The Bertz CT molecular complexity index is 130. The van der Waals surface area contributed by atoms with Gasteiger partial charge in [-0.25, -0.2) is 0 Å². The van der Waals surface area contributed by atoms with Crippen LogP contribution in [0.15, 0.2) is 12.2 Å². The Balaban J connectivity index is 2.01. The fourth-order valence-electron chi connectivity index (χ4n) is 1.14. The molecule has 0 aliphatic carbocycles. The molecule has 0 aromatic rings. The van der Waals surface area contributed by atoms with Crippen molar-refractivity contribution in [3.63, 3.8) is 0 Å². The Morgan fingerprint density at radius 1 is 1.42 bits per heavy atom. The second kappa shape index (κ2) is 6.63. The van der Waals surface area contributed by atoms with E-state index in [-0.39, 0.29) is 6.29 Å². The van der Waals surface area contributed by atoms with Gasteiger partial charge in [-0.3, -0.25) is 0 Å². The number of hydrogen-bond donors (Lipinski definition) is 0. The Labute approximate surface area is 82.1 Å². The first-order chi connectivity index (χ1) is 5.93. The second-order valence-corrected chi connectivity index (χ2v) is 3.40. The summed E-state index contributed by atoms with van der Waals surface area (Å²) in [7, 11) is 0. The zero-order chi connectivity index (χ0) is 8.65. The molecular formula is C9H15BrO2. The fourth-order valence-corrected chi connectivity index (χ4v) is 1.40. The number of hydrogen-bond acceptors (Lipinski definition) is 2. The fraction of sp³-hybridized carbons (Fsp3) is 0.778. The quantitative estimate of drug-likeness (QED) is 0.550. The molecule has 0 saturated carbocycles. The van der Waals surface area contributed by atoms with E-state index in [1.807, 2.05) is 12.2 Å². The SMILES string of the molecule is BrC/C=C/COC1CCCCO1. The molecule has 0 amide bonds. The summed E-state index contributed by atoms with van der Waals surface area (Å²) in [6, 6.07) is 0. The molecule has 0 N–H and O–H groups in total. The summed E-state index contributed by atoms with van der Waals surface area (Å²) in [6.07, 6.45) is 7.53. The molecule has 12 heavy (non-hydrogen) atoms. The van der Waals surface area contributed by atoms with Crippen molar-refractivity contribution in [2.45, 2.75) is 25.6 Å². The molecule has 1 atom stereocenters. The molecule has 0 spiro atoms. The maximum absolute atomic E-state index is 5.46. The van der Waals surface area contributed by atoms with Crippen LogP contribution in [0, 0.1) is 0 Å². The van der Waals surface area contributed by atoms with Crippen molar-refractivity contribution in [3.8, 4) is 0 Å². The average Bonchev–Trinajstić information content (AvgIpc) is 2.14. The van der Waals surface area contributed by atoms with Crippen molar-refractivity contribution < 1.29 is 9.47 Å². The first-order valence-electron chi connectivity index (χ1n) is 4.37. The van der Waals surface area contributed by atoms with Crippen LogP contribution in [0.4, 0.5) is 0 Å². The molecule has 1 unspecified atom stereocenters. The van der Waals surface area contributed by atoms with Crippen molar-refractivity contribution >= 4 is 15.9 Å². The topological polar surface area (TPSA) is 18.5 Å². The summed E-state index contributed by atoms with van der Waals surface area (Å²) in [5, 5.41) is 0.891. The predicted molar refractivity (Wildman–Crippen MR) is 52.5 cm³/mol. The molecule has 0 radical (unpaired) electrons. The van der Waals surface area contributed by atoms with E-state index in [2.05, 4.69) is 15.9 Å². The van der Waals surface area contributed by atoms with Crippen molar-refractivity contribution in [1.29, 1.82) is 0 Å². The Morgan fingerprint density at radius 2 is 2.33 bits per heavy atom. The molecule has 1 saturated heterocycles. The highest BCUT2D eigenvalue weighted by molar-refractivity contribution is 9.09. The van der Waals surface area contributed by atoms with Gasteiger partial charge in [0.2, 0.25) is 0 Å². The molecule has 2 nitrogen and oxygen atoms in total. The third kappa shape index (κ3) is 4.24. The number of halogens is 1. The molecule has 0 aromatic carbocycles. The Morgan fingerprint density at radius 3 is 3.00 bits per heavy atom. The molecule has 1 aliphatic rings. The van der Waals surface area contributed by atoms with Crippen LogP contribution >= 0.6 is 15.9 Å². The van der Waals surface area contributed by atoms with E-state index in [4.69, 9.17) is 9.47 Å². The smallest absolute Gasteiger partial charge is 0.157 e. The molecule has 1 heterocycles. The van der Waals surface area contributed by atoms with Gasteiger partial charge in [0.25, 0.3) is 0 Å². The molecule has 1 fully saturated rings. The number of rotatable bonds is 4. The van der Waals surface area contributed by atoms with Crippen molar-refractivity contribution in [2.75, 3.05) is 18.5 Å². The minimum atomic E-state index is 0.0405. The highest BCUT2D eigenvalue weighted by atomic mass is 79.9. The molecule has 70 valence electrons. The Kier molecular flexibility index (Phi) is 5.65. The van der Waals surface area contributed by atoms with Gasteiger partial charge in [-0.1, -0.05) is 28.1 Å². The van der Waals surface area contributed by atoms with E-state index < -0.39 is 0 Å². The molecule has 0 aromatic heterocycles. The summed E-state index contributed by atoms with van der Waals surface area (Å²) < 4.78 is 10.8. The summed E-state index contributed by atoms with van der Waals surface area (Å²) >= 11 is 3.30. The van der Waals surface area contributed by atoms with Gasteiger partial charge in [-0.15, -0.1) is 0 Å². The second-order valence-electron chi connectivity index (χ2n) is 2.76. The standard InChI is InChI=1S/C9H15BrO2/c10-6-2-4-8-12-9-5-1-3-7-11-9/h2,4,9H,1,3,5-8H2/b4-2+. The van der Waals surface area contributed by atoms with Crippen molar-refractivity contribution in [3.05, 3.63) is 12.2 Å². The number of alkyl halides is 1. The van der Waals surface area contributed by atoms with E-state index >= 15 is 0 Å². The van der Waals surface area contributed by atoms with E-state index in [1.54, 1.807) is 0 Å². The Hall–Kier alpha value is 0.140. The molecule has 1 rings (SSSR count). The van der Waals surface area contributed by atoms with Crippen molar-refractivity contribution in [2.24, 2.45) is 0 Å². The summed E-state index contributed by atoms with van der Waals surface area (Å²) in [5.74, 6) is 0. The lowest BCUT2D eigenvalue weighted by Crippen LogP contribution is -2.22. The average molecular weight is 235 g/mol. The number of allylic oxidation sites excluding steroid dienone is 1. The number of ether oxygens (including phenoxy) is 2. The highest BCUT2D eigenvalue weighted by Crippen LogP contribution is 2.13. The molecule has 3 heteroatoms. The third-order valence-corrected chi connectivity index (χ3v) is 2.15. The lowest BCUT2D eigenvalue weighted by molar-refractivity contribution is -0.155. The van der Waals surface area contributed by atoms with E-state index in [0.29, 0.717) is 6.61 Å². The van der Waals surface area contributed by atoms with Gasteiger partial charge in [0.05, 0.1) is 6.61 Å². The van der Waals surface area contributed by atoms with Crippen LogP contribution in [0.3, 0.4) is 0 Å². The van der Waals surface area contributed by atoms with Gasteiger partial charge in [0.15, 0.2) is 6.29 Å². The summed E-state index contributed by atoms with van der Waals surface area (Å²) in [6.45, 7) is 1.52. The molecule has 0 bridgehead atoms. The minimum absolute atomic E-state index is 0.0405. The molecular weight excluding hydrogens is 220 g/mol. The molecule has 1 aliphatic heterocycles. The van der Waals surface area contributed by atoms with E-state index in [9.17, 15) is 0 Å². The monoisotopic (exact) mass is 234 g/mol. The van der Waals surface area contributed by atoms with Crippen molar-refractivity contribution in [1.82, 2.24) is 0 Å². The van der Waals surface area contributed by atoms with Crippen LogP contribution in [0.5, 0.6) is 0 Å². The van der Waals surface area contributed by atoms with Crippen LogP contribution in [0.25, 0.3) is 0 Å². The van der Waals surface area contributed by atoms with Gasteiger partial charge >= 0.3 is 0 Å². The first kappa shape index (κ1) is 10.2. The minimum Gasteiger partial charge on any atom is -0.353 e. The summed E-state index contributed by atoms with van der Waals surface area (Å²) in [5.41, 5.74) is 0. The van der Waals surface area contributed by atoms with Crippen LogP contribution < -0.4 is 0 Å². The van der Waals surface area contributed by atoms with Gasteiger partial charge in [-0.2, -0.15) is 0 Å². The zero-order valence-electron chi connectivity index (χ0n) is 7.17. The summed E-state index contributed by atoms with van der Waals surface area (Å²) in [4.78, 5) is 0. The highest BCUT2D eigenvalue weighted by Gasteiger charge is 2.12. The maximum atomic E-state index is 5.46. The van der Waals surface area contributed by atoms with Gasteiger partial charge in [0.1, 0.15) is 0 Å². The van der Waals surface area contributed by atoms with E-state index in [0.717, 1.165) is 18.4 Å². The van der Waals surface area contributed by atoms with Crippen LogP contribution in [0.2, 0.25) is 0 Å². The lowest BCUT2D eigenvalue weighted by atomic mass is 10.2. The largest absolute Gasteiger partial charge is 0.353 e. The van der Waals surface area contributed by atoms with Crippen LogP contribution in [-0.2, 0) is 9.47 Å². The predicted octanol–water partition coefficient (Wildman–Crippen LogP) is 2.48. The van der Waals surface area contributed by atoms with Crippen LogP contribution in [-0.4, -0.2) is 24.8 Å². The zero-order valence-corrected chi connectivity index (χ0v) is 8.76.